The Hall–Kier alpha value is -1.39. The van der Waals surface area contributed by atoms with Crippen molar-refractivity contribution in [2.45, 2.75) is 25.0 Å². The molecule has 0 aromatic heterocycles. The number of quaternary nitrogens is 1. The van der Waals surface area contributed by atoms with Crippen LogP contribution in [-0.2, 0) is 11.2 Å². The van der Waals surface area contributed by atoms with Crippen LogP contribution in [0.2, 0.25) is 0 Å². The summed E-state index contributed by atoms with van der Waals surface area (Å²) in [5, 5.41) is 19.7. The van der Waals surface area contributed by atoms with Crippen molar-refractivity contribution < 1.29 is 20.7 Å². The Morgan fingerprint density at radius 1 is 1.40 bits per heavy atom. The summed E-state index contributed by atoms with van der Waals surface area (Å²) in [5.74, 6) is -1.25. The molecule has 0 amide bonds. The first-order chi connectivity index (χ1) is 7.09. The first kappa shape index (κ1) is 11.7. The maximum atomic E-state index is 10.3. The van der Waals surface area contributed by atoms with E-state index in [-0.39, 0.29) is 12.5 Å². The molecular formula is C11H15NO3. The molecule has 0 aliphatic rings. The number of benzene rings is 1. The van der Waals surface area contributed by atoms with Gasteiger partial charge in [-0.2, -0.15) is 0 Å². The third-order valence-electron chi connectivity index (χ3n) is 2.26. The molecule has 82 valence electrons. The highest BCUT2D eigenvalue weighted by Gasteiger charge is 2.18. The maximum Gasteiger partial charge on any atom is 0.115 e. The number of aliphatic hydroxyl groups is 1. The summed E-state index contributed by atoms with van der Waals surface area (Å²) in [6.45, 7) is 0. The monoisotopic (exact) mass is 209 g/mol. The Bertz CT molecular complexity index is 313. The van der Waals surface area contributed by atoms with Crippen LogP contribution in [0.5, 0.6) is 0 Å². The number of aliphatic hydroxyl groups excluding tert-OH is 1. The van der Waals surface area contributed by atoms with Gasteiger partial charge in [-0.15, -0.1) is 0 Å². The molecule has 4 heteroatoms. The van der Waals surface area contributed by atoms with Crippen LogP contribution in [0.1, 0.15) is 12.0 Å². The fourth-order valence-corrected chi connectivity index (χ4v) is 1.39. The second-order valence-electron chi connectivity index (χ2n) is 3.59. The average Bonchev–Trinajstić information content (AvgIpc) is 2.18. The van der Waals surface area contributed by atoms with Crippen LogP contribution in [-0.4, -0.2) is 23.2 Å². The molecule has 0 spiro atoms. The minimum atomic E-state index is -1.25. The lowest BCUT2D eigenvalue weighted by Gasteiger charge is -2.16. The minimum Gasteiger partial charge on any atom is -0.550 e. The lowest BCUT2D eigenvalue weighted by Crippen LogP contribution is -2.67. The maximum absolute atomic E-state index is 10.3. The molecule has 0 saturated heterocycles. The molecule has 1 rings (SSSR count). The molecule has 0 bridgehead atoms. The second-order valence-corrected chi connectivity index (χ2v) is 3.59. The SMILES string of the molecule is [NH3+][C@H](Cc1ccccc1)[C@H](O)CC(=O)[O-]. The molecule has 0 unspecified atom stereocenters. The predicted octanol–water partition coefficient (Wildman–Crippen LogP) is -1.66. The number of hydrogen-bond donors (Lipinski definition) is 2. The Morgan fingerprint density at radius 2 is 2.00 bits per heavy atom. The Labute approximate surface area is 88.3 Å². The summed E-state index contributed by atoms with van der Waals surface area (Å²) in [6.07, 6.45) is -0.744. The van der Waals surface area contributed by atoms with Gasteiger partial charge in [-0.3, -0.25) is 0 Å². The van der Waals surface area contributed by atoms with Gasteiger partial charge in [0.2, 0.25) is 0 Å². The Morgan fingerprint density at radius 3 is 2.53 bits per heavy atom. The second kappa shape index (κ2) is 5.48. The highest BCUT2D eigenvalue weighted by atomic mass is 16.4. The summed E-state index contributed by atoms with van der Waals surface area (Å²) in [6, 6.07) is 9.21. The van der Waals surface area contributed by atoms with Gasteiger partial charge < -0.3 is 20.7 Å². The van der Waals surface area contributed by atoms with Crippen LogP contribution in [0.4, 0.5) is 0 Å². The molecule has 0 heterocycles. The molecule has 15 heavy (non-hydrogen) atoms. The third-order valence-corrected chi connectivity index (χ3v) is 2.26. The number of hydrogen-bond acceptors (Lipinski definition) is 3. The van der Waals surface area contributed by atoms with Crippen molar-refractivity contribution in [3.05, 3.63) is 35.9 Å². The van der Waals surface area contributed by atoms with Crippen molar-refractivity contribution in [2.24, 2.45) is 0 Å². The zero-order valence-corrected chi connectivity index (χ0v) is 8.43. The molecule has 0 aliphatic carbocycles. The fourth-order valence-electron chi connectivity index (χ4n) is 1.39. The van der Waals surface area contributed by atoms with Crippen molar-refractivity contribution in [1.29, 1.82) is 0 Å². The van der Waals surface area contributed by atoms with Crippen molar-refractivity contribution in [3.63, 3.8) is 0 Å². The van der Waals surface area contributed by atoms with Gasteiger partial charge in [0.25, 0.3) is 0 Å². The van der Waals surface area contributed by atoms with Gasteiger partial charge in [0.1, 0.15) is 12.1 Å². The predicted molar refractivity (Wildman–Crippen MR) is 52.5 cm³/mol. The van der Waals surface area contributed by atoms with E-state index in [1.807, 2.05) is 30.3 Å². The molecule has 1 aromatic rings. The first-order valence-electron chi connectivity index (χ1n) is 4.84. The van der Waals surface area contributed by atoms with Crippen molar-refractivity contribution in [2.75, 3.05) is 0 Å². The minimum absolute atomic E-state index is 0.328. The van der Waals surface area contributed by atoms with Gasteiger partial charge in [-0.25, -0.2) is 0 Å². The molecule has 1 aromatic carbocycles. The van der Waals surface area contributed by atoms with Crippen LogP contribution in [0, 0.1) is 0 Å². The van der Waals surface area contributed by atoms with Gasteiger partial charge in [0.05, 0.1) is 0 Å². The van der Waals surface area contributed by atoms with Crippen LogP contribution >= 0.6 is 0 Å². The summed E-state index contributed by atoms with van der Waals surface area (Å²) in [4.78, 5) is 10.3. The Kier molecular flexibility index (Phi) is 4.27. The largest absolute Gasteiger partial charge is 0.550 e. The van der Waals surface area contributed by atoms with Gasteiger partial charge >= 0.3 is 0 Å². The molecule has 0 radical (unpaired) electrons. The normalized spacial score (nSPS) is 14.5. The van der Waals surface area contributed by atoms with Crippen LogP contribution in [0.15, 0.2) is 30.3 Å². The third kappa shape index (κ3) is 4.10. The quantitative estimate of drug-likeness (QED) is 0.608. The van der Waals surface area contributed by atoms with E-state index in [2.05, 4.69) is 5.73 Å². The molecule has 0 saturated carbocycles. The van der Waals surface area contributed by atoms with E-state index >= 15 is 0 Å². The highest BCUT2D eigenvalue weighted by Crippen LogP contribution is 2.05. The number of carbonyl (C=O) groups excluding carboxylic acids is 1. The number of aliphatic carboxylic acids is 1. The molecule has 0 aliphatic heterocycles. The van der Waals surface area contributed by atoms with E-state index in [0.717, 1.165) is 5.56 Å². The zero-order valence-electron chi connectivity index (χ0n) is 8.43. The van der Waals surface area contributed by atoms with Gasteiger partial charge in [-0.05, 0) is 5.56 Å². The molecule has 4 nitrogen and oxygen atoms in total. The lowest BCUT2D eigenvalue weighted by atomic mass is 10.0. The summed E-state index contributed by atoms with van der Waals surface area (Å²) in [7, 11) is 0. The number of carboxylic acid groups (broad SMARTS) is 1. The molecule has 4 N–H and O–H groups in total. The average molecular weight is 209 g/mol. The van der Waals surface area contributed by atoms with E-state index in [1.165, 1.54) is 0 Å². The van der Waals surface area contributed by atoms with Crippen molar-refractivity contribution in [1.82, 2.24) is 0 Å². The summed E-state index contributed by atoms with van der Waals surface area (Å²) < 4.78 is 0. The van der Waals surface area contributed by atoms with Crippen LogP contribution in [0.25, 0.3) is 0 Å². The van der Waals surface area contributed by atoms with Gasteiger partial charge in [0.15, 0.2) is 0 Å². The van der Waals surface area contributed by atoms with Crippen molar-refractivity contribution >= 4 is 5.97 Å². The number of carbonyl (C=O) groups is 1. The standard InChI is InChI=1S/C11H15NO3/c12-9(10(13)7-11(14)15)6-8-4-2-1-3-5-8/h1-5,9-10,13H,6-7,12H2,(H,14,15)/t9-,10-/m1/s1. The lowest BCUT2D eigenvalue weighted by molar-refractivity contribution is -0.438. The molecule has 2 atom stereocenters. The summed E-state index contributed by atoms with van der Waals surface area (Å²) in [5.41, 5.74) is 4.78. The fraction of sp³-hybridized carbons (Fsp3) is 0.364. The van der Waals surface area contributed by atoms with Crippen molar-refractivity contribution in [3.8, 4) is 0 Å². The smallest absolute Gasteiger partial charge is 0.115 e. The van der Waals surface area contributed by atoms with Gasteiger partial charge in [-0.1, -0.05) is 30.3 Å². The zero-order chi connectivity index (χ0) is 11.3. The number of carboxylic acids is 1. The van der Waals surface area contributed by atoms with E-state index in [4.69, 9.17) is 0 Å². The first-order valence-corrected chi connectivity index (χ1v) is 4.84. The van der Waals surface area contributed by atoms with E-state index in [1.54, 1.807) is 0 Å². The van der Waals surface area contributed by atoms with Crippen LogP contribution < -0.4 is 10.8 Å². The summed E-state index contributed by atoms with van der Waals surface area (Å²) >= 11 is 0. The molecule has 0 fully saturated rings. The molecular weight excluding hydrogens is 194 g/mol. The van der Waals surface area contributed by atoms with E-state index < -0.39 is 12.1 Å². The number of rotatable bonds is 5. The topological polar surface area (TPSA) is 88.0 Å². The van der Waals surface area contributed by atoms with E-state index in [0.29, 0.717) is 6.42 Å². The van der Waals surface area contributed by atoms with Crippen LogP contribution in [0.3, 0.4) is 0 Å². The Balaban J connectivity index is 2.48. The van der Waals surface area contributed by atoms with E-state index in [9.17, 15) is 15.0 Å². The van der Waals surface area contributed by atoms with Gasteiger partial charge in [0, 0.05) is 18.8 Å². The highest BCUT2D eigenvalue weighted by molar-refractivity contribution is 5.64.